The summed E-state index contributed by atoms with van der Waals surface area (Å²) in [4.78, 5) is 6.89. The van der Waals surface area contributed by atoms with Crippen molar-refractivity contribution in [3.05, 3.63) is 18.2 Å². The number of imidazole rings is 1. The summed E-state index contributed by atoms with van der Waals surface area (Å²) in [5.41, 5.74) is 0. The lowest BCUT2D eigenvalue weighted by molar-refractivity contribution is 0.258. The number of H-pyrrole nitrogens is 1. The monoisotopic (exact) mass is 301 g/mol. The van der Waals surface area contributed by atoms with Crippen LogP contribution in [0.1, 0.15) is 25.6 Å². The molecule has 114 valence electrons. The number of rotatable bonds is 7. The highest BCUT2D eigenvalue weighted by molar-refractivity contribution is 7.87. The predicted molar refractivity (Wildman–Crippen MR) is 77.2 cm³/mol. The van der Waals surface area contributed by atoms with Crippen LogP contribution >= 0.6 is 0 Å². The van der Waals surface area contributed by atoms with Gasteiger partial charge in [-0.2, -0.15) is 17.4 Å². The third-order valence-corrected chi connectivity index (χ3v) is 5.00. The second-order valence-corrected chi connectivity index (χ2v) is 6.79. The van der Waals surface area contributed by atoms with E-state index in [1.165, 1.54) is 0 Å². The Labute approximate surface area is 120 Å². The minimum absolute atomic E-state index is 0.198. The third-order valence-electron chi connectivity index (χ3n) is 3.48. The standard InChI is InChI=1S/C12H23N5O2S/c1-2-13-8-11-4-3-7-17(10-11)20(18,19)16-9-12-14-5-6-15-12/h5-6,11,13,16H,2-4,7-10H2,1H3,(H,14,15). The Morgan fingerprint density at radius 3 is 3.10 bits per heavy atom. The first-order valence-electron chi connectivity index (χ1n) is 7.05. The van der Waals surface area contributed by atoms with Crippen molar-refractivity contribution in [2.75, 3.05) is 26.2 Å². The molecule has 1 atom stereocenters. The third kappa shape index (κ3) is 4.27. The molecule has 1 aliphatic rings. The van der Waals surface area contributed by atoms with Crippen molar-refractivity contribution in [1.82, 2.24) is 24.3 Å². The smallest absolute Gasteiger partial charge is 0.279 e. The van der Waals surface area contributed by atoms with Crippen molar-refractivity contribution in [3.8, 4) is 0 Å². The van der Waals surface area contributed by atoms with Gasteiger partial charge in [0.2, 0.25) is 0 Å². The van der Waals surface area contributed by atoms with Gasteiger partial charge >= 0.3 is 0 Å². The average molecular weight is 301 g/mol. The molecular weight excluding hydrogens is 278 g/mol. The maximum Gasteiger partial charge on any atom is 0.279 e. The zero-order valence-corrected chi connectivity index (χ0v) is 12.6. The molecule has 0 aliphatic carbocycles. The van der Waals surface area contributed by atoms with Gasteiger partial charge in [0.05, 0.1) is 6.54 Å². The Morgan fingerprint density at radius 2 is 2.40 bits per heavy atom. The molecule has 3 N–H and O–H groups in total. The lowest BCUT2D eigenvalue weighted by Gasteiger charge is -2.31. The molecule has 8 heteroatoms. The van der Waals surface area contributed by atoms with E-state index in [0.717, 1.165) is 25.9 Å². The molecule has 7 nitrogen and oxygen atoms in total. The molecule has 1 aliphatic heterocycles. The van der Waals surface area contributed by atoms with Crippen molar-refractivity contribution in [3.63, 3.8) is 0 Å². The molecule has 0 bridgehead atoms. The van der Waals surface area contributed by atoms with Gasteiger partial charge in [-0.05, 0) is 31.8 Å². The molecule has 2 heterocycles. The lowest BCUT2D eigenvalue weighted by atomic mass is 10.00. The van der Waals surface area contributed by atoms with E-state index in [1.807, 2.05) is 0 Å². The number of hydrogen-bond acceptors (Lipinski definition) is 4. The number of hydrogen-bond donors (Lipinski definition) is 3. The first kappa shape index (κ1) is 15.4. The summed E-state index contributed by atoms with van der Waals surface area (Å²) in [6.45, 7) is 5.23. The van der Waals surface area contributed by atoms with Crippen LogP contribution in [0.5, 0.6) is 0 Å². The summed E-state index contributed by atoms with van der Waals surface area (Å²) < 4.78 is 28.6. The summed E-state index contributed by atoms with van der Waals surface area (Å²) in [6.07, 6.45) is 5.28. The Hall–Kier alpha value is -0.960. The molecule has 0 aromatic carbocycles. The second kappa shape index (κ2) is 7.16. The molecule has 1 aromatic heterocycles. The van der Waals surface area contributed by atoms with Crippen LogP contribution in [-0.2, 0) is 16.8 Å². The quantitative estimate of drug-likeness (QED) is 0.664. The van der Waals surface area contributed by atoms with Crippen LogP contribution in [0.4, 0.5) is 0 Å². The predicted octanol–water partition coefficient (Wildman–Crippen LogP) is 0.0656. The number of piperidine rings is 1. The fourth-order valence-electron chi connectivity index (χ4n) is 2.41. The van der Waals surface area contributed by atoms with E-state index in [9.17, 15) is 8.42 Å². The Balaban J connectivity index is 1.87. The lowest BCUT2D eigenvalue weighted by Crippen LogP contribution is -2.47. The van der Waals surface area contributed by atoms with Gasteiger partial charge < -0.3 is 10.3 Å². The van der Waals surface area contributed by atoms with Gasteiger partial charge in [0, 0.05) is 25.5 Å². The van der Waals surface area contributed by atoms with Gasteiger partial charge in [-0.1, -0.05) is 6.92 Å². The maximum absolute atomic E-state index is 12.3. The first-order valence-corrected chi connectivity index (χ1v) is 8.49. The molecular formula is C12H23N5O2S. The topological polar surface area (TPSA) is 90.1 Å². The second-order valence-electron chi connectivity index (χ2n) is 5.04. The molecule has 0 spiro atoms. The number of nitrogens with zero attached hydrogens (tertiary/aromatic N) is 2. The Kier molecular flexibility index (Phi) is 5.53. The summed E-state index contributed by atoms with van der Waals surface area (Å²) in [5.74, 6) is 1.01. The van der Waals surface area contributed by atoms with Gasteiger partial charge in [-0.15, -0.1) is 0 Å². The van der Waals surface area contributed by atoms with Crippen LogP contribution in [0, 0.1) is 5.92 Å². The number of nitrogens with one attached hydrogen (secondary N) is 3. The minimum Gasteiger partial charge on any atom is -0.347 e. The zero-order valence-electron chi connectivity index (χ0n) is 11.8. The highest BCUT2D eigenvalue weighted by atomic mass is 32.2. The van der Waals surface area contributed by atoms with Crippen molar-refractivity contribution in [2.45, 2.75) is 26.3 Å². The van der Waals surface area contributed by atoms with Crippen LogP contribution in [0.15, 0.2) is 12.4 Å². The van der Waals surface area contributed by atoms with E-state index in [4.69, 9.17) is 0 Å². The summed E-state index contributed by atoms with van der Waals surface area (Å²) >= 11 is 0. The molecule has 2 rings (SSSR count). The van der Waals surface area contributed by atoms with E-state index < -0.39 is 10.2 Å². The number of aromatic amines is 1. The minimum atomic E-state index is -3.42. The van der Waals surface area contributed by atoms with E-state index >= 15 is 0 Å². The largest absolute Gasteiger partial charge is 0.347 e. The normalized spacial score (nSPS) is 21.1. The molecule has 1 saturated heterocycles. The summed E-state index contributed by atoms with van der Waals surface area (Å²) in [6, 6.07) is 0. The molecule has 1 fully saturated rings. The van der Waals surface area contributed by atoms with Crippen LogP contribution in [0.25, 0.3) is 0 Å². The van der Waals surface area contributed by atoms with Crippen molar-refractivity contribution in [2.24, 2.45) is 5.92 Å². The van der Waals surface area contributed by atoms with E-state index in [2.05, 4.69) is 26.9 Å². The van der Waals surface area contributed by atoms with Gasteiger partial charge in [-0.3, -0.25) is 0 Å². The molecule has 0 radical (unpaired) electrons. The highest BCUT2D eigenvalue weighted by Gasteiger charge is 2.28. The molecule has 20 heavy (non-hydrogen) atoms. The average Bonchev–Trinajstić information content (AvgIpc) is 2.97. The van der Waals surface area contributed by atoms with E-state index in [1.54, 1.807) is 16.7 Å². The van der Waals surface area contributed by atoms with Gasteiger partial charge in [-0.25, -0.2) is 4.98 Å². The molecule has 1 aromatic rings. The fourth-order valence-corrected chi connectivity index (χ4v) is 3.68. The van der Waals surface area contributed by atoms with Crippen molar-refractivity contribution < 1.29 is 8.42 Å². The number of aromatic nitrogens is 2. The SMILES string of the molecule is CCNCC1CCCN(S(=O)(=O)NCc2ncc[nH]2)C1. The van der Waals surface area contributed by atoms with Gasteiger partial charge in [0.1, 0.15) is 5.82 Å². The molecule has 0 saturated carbocycles. The summed E-state index contributed by atoms with van der Waals surface area (Å²) in [5, 5.41) is 3.29. The van der Waals surface area contributed by atoms with Gasteiger partial charge in [0.25, 0.3) is 10.2 Å². The van der Waals surface area contributed by atoms with E-state index in [-0.39, 0.29) is 6.54 Å². The van der Waals surface area contributed by atoms with Crippen LogP contribution in [0.2, 0.25) is 0 Å². The zero-order chi connectivity index (χ0) is 14.4. The van der Waals surface area contributed by atoms with Crippen LogP contribution in [-0.4, -0.2) is 48.9 Å². The van der Waals surface area contributed by atoms with Crippen molar-refractivity contribution >= 4 is 10.2 Å². The molecule has 0 amide bonds. The van der Waals surface area contributed by atoms with Gasteiger partial charge in [0.15, 0.2) is 0 Å². The molecule has 1 unspecified atom stereocenters. The van der Waals surface area contributed by atoms with Crippen LogP contribution < -0.4 is 10.0 Å². The summed E-state index contributed by atoms with van der Waals surface area (Å²) in [7, 11) is -3.42. The maximum atomic E-state index is 12.3. The Bertz CT molecular complexity index is 488. The van der Waals surface area contributed by atoms with E-state index in [0.29, 0.717) is 24.8 Å². The fraction of sp³-hybridized carbons (Fsp3) is 0.750. The Morgan fingerprint density at radius 1 is 1.55 bits per heavy atom. The van der Waals surface area contributed by atoms with Crippen LogP contribution in [0.3, 0.4) is 0 Å². The highest BCUT2D eigenvalue weighted by Crippen LogP contribution is 2.18. The first-order chi connectivity index (χ1) is 9.62. The van der Waals surface area contributed by atoms with Crippen molar-refractivity contribution in [1.29, 1.82) is 0 Å².